The van der Waals surface area contributed by atoms with Gasteiger partial charge in [-0.25, -0.2) is 0 Å². The fraction of sp³-hybridized carbons (Fsp3) is 0.316. The van der Waals surface area contributed by atoms with E-state index in [1.807, 2.05) is 0 Å². The molecule has 1 atom stereocenters. The van der Waals surface area contributed by atoms with E-state index in [1.54, 1.807) is 18.2 Å². The van der Waals surface area contributed by atoms with Crippen molar-refractivity contribution in [2.75, 3.05) is 13.2 Å². The number of ether oxygens (including phenoxy) is 1. The van der Waals surface area contributed by atoms with E-state index in [0.717, 1.165) is 29.0 Å². The first-order valence-electron chi connectivity index (χ1n) is 8.18. The van der Waals surface area contributed by atoms with Crippen LogP contribution in [-0.4, -0.2) is 19.1 Å². The van der Waals surface area contributed by atoms with E-state index in [1.165, 1.54) is 12.1 Å². The Labute approximate surface area is 154 Å². The second-order valence-corrected chi connectivity index (χ2v) is 6.64. The molecular weight excluding hydrogens is 367 g/mol. The van der Waals surface area contributed by atoms with Crippen molar-refractivity contribution < 1.29 is 22.7 Å². The number of nitrogens with one attached hydrogen (secondary N) is 1. The van der Waals surface area contributed by atoms with Crippen molar-refractivity contribution >= 4 is 17.5 Å². The zero-order valence-electron chi connectivity index (χ0n) is 13.8. The Balaban J connectivity index is 1.50. The summed E-state index contributed by atoms with van der Waals surface area (Å²) in [5.41, 5.74) is 0.948. The Morgan fingerprint density at radius 3 is 2.62 bits per heavy atom. The van der Waals surface area contributed by atoms with Gasteiger partial charge >= 0.3 is 6.18 Å². The summed E-state index contributed by atoms with van der Waals surface area (Å²) in [5, 5.41) is 3.41. The molecular formula is C19H17ClF3NO2. The third-order valence-corrected chi connectivity index (χ3v) is 4.53. The lowest BCUT2D eigenvalue weighted by Gasteiger charge is -2.24. The maximum absolute atomic E-state index is 12.5. The van der Waals surface area contributed by atoms with Gasteiger partial charge < -0.3 is 10.1 Å². The van der Waals surface area contributed by atoms with Crippen molar-refractivity contribution in [3.63, 3.8) is 0 Å². The number of rotatable bonds is 4. The molecule has 0 aromatic heterocycles. The van der Waals surface area contributed by atoms with Gasteiger partial charge in [0.2, 0.25) is 5.91 Å². The molecule has 1 amide bonds. The van der Waals surface area contributed by atoms with Crippen LogP contribution < -0.4 is 10.1 Å². The molecule has 0 fully saturated rings. The molecule has 2 aromatic rings. The lowest BCUT2D eigenvalue weighted by molar-refractivity contribution is -0.137. The highest BCUT2D eigenvalue weighted by molar-refractivity contribution is 6.30. The molecule has 1 heterocycles. The molecule has 3 nitrogen and oxygen atoms in total. The van der Waals surface area contributed by atoms with Gasteiger partial charge in [-0.2, -0.15) is 13.2 Å². The van der Waals surface area contributed by atoms with Gasteiger partial charge in [0.1, 0.15) is 12.4 Å². The molecule has 138 valence electrons. The molecule has 0 bridgehead atoms. The minimum Gasteiger partial charge on any atom is -0.492 e. The minimum absolute atomic E-state index is 0.137. The molecule has 1 N–H and O–H groups in total. The largest absolute Gasteiger partial charge is 0.492 e. The first kappa shape index (κ1) is 18.6. The fourth-order valence-electron chi connectivity index (χ4n) is 2.87. The SMILES string of the molecule is O=C(NCCc1ccc(C(F)(F)F)cc1)C1COc2ccc(Cl)cc2C1. The van der Waals surface area contributed by atoms with Crippen LogP contribution in [-0.2, 0) is 23.8 Å². The molecule has 3 rings (SSSR count). The Morgan fingerprint density at radius 2 is 1.92 bits per heavy atom. The van der Waals surface area contributed by atoms with Gasteiger partial charge in [-0.1, -0.05) is 23.7 Å². The van der Waals surface area contributed by atoms with Crippen LogP contribution in [0.25, 0.3) is 0 Å². The monoisotopic (exact) mass is 383 g/mol. The quantitative estimate of drug-likeness (QED) is 0.856. The smallest absolute Gasteiger partial charge is 0.416 e. The lowest BCUT2D eigenvalue weighted by atomic mass is 9.96. The molecule has 26 heavy (non-hydrogen) atoms. The molecule has 7 heteroatoms. The summed E-state index contributed by atoms with van der Waals surface area (Å²) in [4.78, 5) is 12.3. The zero-order valence-corrected chi connectivity index (χ0v) is 14.5. The van der Waals surface area contributed by atoms with E-state index in [9.17, 15) is 18.0 Å². The number of benzene rings is 2. The predicted octanol–water partition coefficient (Wildman–Crippen LogP) is 4.27. The van der Waals surface area contributed by atoms with E-state index >= 15 is 0 Å². The number of carbonyl (C=O) groups is 1. The van der Waals surface area contributed by atoms with Crippen LogP contribution >= 0.6 is 11.6 Å². The van der Waals surface area contributed by atoms with E-state index in [0.29, 0.717) is 31.0 Å². The van der Waals surface area contributed by atoms with E-state index in [4.69, 9.17) is 16.3 Å². The summed E-state index contributed by atoms with van der Waals surface area (Å²) in [7, 11) is 0. The standard InChI is InChI=1S/C19H17ClF3NO2/c20-16-5-6-17-13(10-16)9-14(11-26-17)18(25)24-8-7-12-1-3-15(4-2-12)19(21,22)23/h1-6,10,14H,7-9,11H2,(H,24,25). The van der Waals surface area contributed by atoms with Gasteiger partial charge in [-0.15, -0.1) is 0 Å². The van der Waals surface area contributed by atoms with Crippen molar-refractivity contribution in [2.45, 2.75) is 19.0 Å². The third-order valence-electron chi connectivity index (χ3n) is 4.29. The number of hydrogen-bond acceptors (Lipinski definition) is 2. The Kier molecular flexibility index (Phi) is 5.41. The van der Waals surface area contributed by atoms with Crippen LogP contribution in [0.2, 0.25) is 5.02 Å². The van der Waals surface area contributed by atoms with Crippen molar-refractivity contribution in [2.24, 2.45) is 5.92 Å². The highest BCUT2D eigenvalue weighted by atomic mass is 35.5. The fourth-order valence-corrected chi connectivity index (χ4v) is 3.06. The van der Waals surface area contributed by atoms with Crippen molar-refractivity contribution in [3.8, 4) is 5.75 Å². The average molecular weight is 384 g/mol. The summed E-state index contributed by atoms with van der Waals surface area (Å²) in [6.45, 7) is 0.643. The molecule has 0 saturated carbocycles. The number of fused-ring (bicyclic) bond motifs is 1. The summed E-state index contributed by atoms with van der Waals surface area (Å²) >= 11 is 5.97. The average Bonchev–Trinajstić information content (AvgIpc) is 2.60. The van der Waals surface area contributed by atoms with Crippen LogP contribution in [0.4, 0.5) is 13.2 Å². The first-order chi connectivity index (χ1) is 12.3. The molecule has 0 radical (unpaired) electrons. The number of carbonyl (C=O) groups excluding carboxylic acids is 1. The van der Waals surface area contributed by atoms with Gasteiger partial charge in [-0.3, -0.25) is 4.79 Å². The summed E-state index contributed by atoms with van der Waals surface area (Å²) < 4.78 is 43.2. The second kappa shape index (κ2) is 7.58. The zero-order chi connectivity index (χ0) is 18.7. The molecule has 1 aliphatic heterocycles. The number of hydrogen-bond donors (Lipinski definition) is 1. The predicted molar refractivity (Wildman–Crippen MR) is 92.3 cm³/mol. The van der Waals surface area contributed by atoms with Crippen LogP contribution in [0.5, 0.6) is 5.75 Å². The highest BCUT2D eigenvalue weighted by Gasteiger charge is 2.30. The van der Waals surface area contributed by atoms with E-state index in [-0.39, 0.29) is 11.8 Å². The number of alkyl halides is 3. The summed E-state index contributed by atoms with van der Waals surface area (Å²) in [6, 6.07) is 10.3. The van der Waals surface area contributed by atoms with Gasteiger partial charge in [0.05, 0.1) is 11.5 Å². The molecule has 1 aliphatic rings. The maximum atomic E-state index is 12.5. The second-order valence-electron chi connectivity index (χ2n) is 6.20. The molecule has 0 spiro atoms. The number of amides is 1. The first-order valence-corrected chi connectivity index (χ1v) is 8.56. The van der Waals surface area contributed by atoms with Crippen LogP contribution in [0, 0.1) is 5.92 Å². The van der Waals surface area contributed by atoms with Gasteiger partial charge in [0, 0.05) is 11.6 Å². The van der Waals surface area contributed by atoms with Crippen molar-refractivity contribution in [1.29, 1.82) is 0 Å². The van der Waals surface area contributed by atoms with E-state index in [2.05, 4.69) is 5.32 Å². The van der Waals surface area contributed by atoms with Crippen molar-refractivity contribution in [3.05, 3.63) is 64.2 Å². The molecule has 1 unspecified atom stereocenters. The van der Waals surface area contributed by atoms with E-state index < -0.39 is 11.7 Å². The minimum atomic E-state index is -4.34. The Hall–Kier alpha value is -2.21. The Morgan fingerprint density at radius 1 is 1.19 bits per heavy atom. The Bertz CT molecular complexity index is 790. The van der Waals surface area contributed by atoms with Gasteiger partial charge in [-0.05, 0) is 54.3 Å². The lowest BCUT2D eigenvalue weighted by Crippen LogP contribution is -2.38. The maximum Gasteiger partial charge on any atom is 0.416 e. The van der Waals surface area contributed by atoms with Gasteiger partial charge in [0.25, 0.3) is 0 Å². The topological polar surface area (TPSA) is 38.3 Å². The van der Waals surface area contributed by atoms with Crippen LogP contribution in [0.1, 0.15) is 16.7 Å². The van der Waals surface area contributed by atoms with Gasteiger partial charge in [0.15, 0.2) is 0 Å². The van der Waals surface area contributed by atoms with Crippen LogP contribution in [0.15, 0.2) is 42.5 Å². The molecule has 0 saturated heterocycles. The normalized spacial score (nSPS) is 16.5. The highest BCUT2D eigenvalue weighted by Crippen LogP contribution is 2.30. The van der Waals surface area contributed by atoms with Crippen LogP contribution in [0.3, 0.4) is 0 Å². The number of halogens is 4. The molecule has 0 aliphatic carbocycles. The summed E-state index contributed by atoms with van der Waals surface area (Å²) in [6.07, 6.45) is -3.34. The molecule has 2 aromatic carbocycles. The third kappa shape index (κ3) is 4.49. The van der Waals surface area contributed by atoms with Crippen molar-refractivity contribution in [1.82, 2.24) is 5.32 Å². The summed E-state index contributed by atoms with van der Waals surface area (Å²) in [5.74, 6) is 0.291.